The molecule has 1 unspecified atom stereocenters. The summed E-state index contributed by atoms with van der Waals surface area (Å²) in [5, 5.41) is 16.0. The molecule has 35 heavy (non-hydrogen) atoms. The Morgan fingerprint density at radius 1 is 0.857 bits per heavy atom. The van der Waals surface area contributed by atoms with Gasteiger partial charge in [-0.25, -0.2) is 4.79 Å². The van der Waals surface area contributed by atoms with E-state index < -0.39 is 17.3 Å². The molecular weight excluding hydrogens is 442 g/mol. The minimum Gasteiger partial charge on any atom is -0.508 e. The summed E-state index contributed by atoms with van der Waals surface area (Å²) < 4.78 is 1.39. The summed E-state index contributed by atoms with van der Waals surface area (Å²) in [5.74, 6) is -0.214. The highest BCUT2D eigenvalue weighted by atomic mass is 16.3. The second-order valence-corrected chi connectivity index (χ2v) is 8.31. The lowest BCUT2D eigenvalue weighted by atomic mass is 9.92. The predicted octanol–water partition coefficient (Wildman–Crippen LogP) is 3.84. The first-order valence-corrected chi connectivity index (χ1v) is 11.3. The maximum atomic E-state index is 13.2. The quantitative estimate of drug-likeness (QED) is 0.354. The minimum atomic E-state index is -0.598. The summed E-state index contributed by atoms with van der Waals surface area (Å²) >= 11 is 0. The third kappa shape index (κ3) is 4.31. The van der Waals surface area contributed by atoms with Crippen LogP contribution in [0.1, 0.15) is 23.6 Å². The fourth-order valence-electron chi connectivity index (χ4n) is 4.47. The van der Waals surface area contributed by atoms with E-state index in [9.17, 15) is 19.5 Å². The molecule has 0 radical (unpaired) electrons. The third-order valence-electron chi connectivity index (χ3n) is 6.14. The molecule has 0 saturated carbocycles. The predicted molar refractivity (Wildman–Crippen MR) is 135 cm³/mol. The molecule has 1 aromatic heterocycles. The number of phenolic OH excluding ortho intramolecular Hbond substituents is 1. The number of H-pyrrole nitrogens is 1. The van der Waals surface area contributed by atoms with Crippen molar-refractivity contribution in [3.63, 3.8) is 0 Å². The topological polar surface area (TPSA) is 104 Å². The Balaban J connectivity index is 1.48. The van der Waals surface area contributed by atoms with Gasteiger partial charge in [-0.05, 0) is 34.5 Å². The Labute approximate surface area is 200 Å². The number of aromatic hydroxyl groups is 1. The highest BCUT2D eigenvalue weighted by Gasteiger charge is 2.22. The number of aromatic amines is 1. The van der Waals surface area contributed by atoms with Gasteiger partial charge in [0.25, 0.3) is 5.56 Å². The van der Waals surface area contributed by atoms with Gasteiger partial charge in [-0.1, -0.05) is 72.8 Å². The second-order valence-electron chi connectivity index (χ2n) is 8.31. The van der Waals surface area contributed by atoms with Crippen LogP contribution in [0.4, 0.5) is 0 Å². The summed E-state index contributed by atoms with van der Waals surface area (Å²) in [4.78, 5) is 40.0. The van der Waals surface area contributed by atoms with Gasteiger partial charge in [-0.2, -0.15) is 0 Å². The molecule has 0 spiro atoms. The molecule has 1 amide bonds. The Bertz CT molecular complexity index is 1650. The lowest BCUT2D eigenvalue weighted by molar-refractivity contribution is -0.121. The summed E-state index contributed by atoms with van der Waals surface area (Å²) in [6.07, 6.45) is 0.00477. The van der Waals surface area contributed by atoms with Crippen LogP contribution in [-0.4, -0.2) is 20.6 Å². The third-order valence-corrected chi connectivity index (χ3v) is 6.14. The number of carbonyl (C=O) groups excluding carboxylic acids is 1. The molecule has 1 heterocycles. The molecular formula is C28H23N3O4. The Morgan fingerprint density at radius 3 is 2.34 bits per heavy atom. The van der Waals surface area contributed by atoms with Crippen molar-refractivity contribution < 1.29 is 9.90 Å². The van der Waals surface area contributed by atoms with E-state index in [1.165, 1.54) is 4.57 Å². The van der Waals surface area contributed by atoms with E-state index in [0.717, 1.165) is 16.3 Å². The molecule has 0 bridgehead atoms. The standard InChI is InChI=1S/C28H23N3O4/c32-23-15-14-18-8-4-5-11-20(18)25(23)26(19-9-2-1-3-10-19)29-24(33)16-17-31-22-13-7-6-12-21(22)27(34)30-28(31)35/h1-15,26,32H,16-17H2,(H,29,33)(H,30,34,35). The molecule has 0 aliphatic heterocycles. The fourth-order valence-corrected chi connectivity index (χ4v) is 4.47. The molecule has 0 aliphatic carbocycles. The van der Waals surface area contributed by atoms with Crippen LogP contribution in [0.15, 0.2) is 101 Å². The second kappa shape index (κ2) is 9.30. The van der Waals surface area contributed by atoms with E-state index in [0.29, 0.717) is 16.5 Å². The number of fused-ring (bicyclic) bond motifs is 2. The van der Waals surface area contributed by atoms with Crippen LogP contribution in [0.5, 0.6) is 5.75 Å². The summed E-state index contributed by atoms with van der Waals surface area (Å²) in [6.45, 7) is 0.0883. The molecule has 0 fully saturated rings. The van der Waals surface area contributed by atoms with E-state index in [4.69, 9.17) is 0 Å². The smallest absolute Gasteiger partial charge is 0.328 e. The first-order valence-electron chi connectivity index (χ1n) is 11.3. The molecule has 0 aliphatic rings. The van der Waals surface area contributed by atoms with Crippen molar-refractivity contribution in [2.75, 3.05) is 0 Å². The van der Waals surface area contributed by atoms with Crippen molar-refractivity contribution in [2.24, 2.45) is 0 Å². The van der Waals surface area contributed by atoms with E-state index in [1.807, 2.05) is 60.7 Å². The van der Waals surface area contributed by atoms with Crippen LogP contribution < -0.4 is 16.6 Å². The normalized spacial score (nSPS) is 12.0. The number of aromatic nitrogens is 2. The van der Waals surface area contributed by atoms with E-state index in [2.05, 4.69) is 10.3 Å². The van der Waals surface area contributed by atoms with Gasteiger partial charge in [-0.3, -0.25) is 19.1 Å². The molecule has 4 aromatic carbocycles. The van der Waals surface area contributed by atoms with Crippen LogP contribution >= 0.6 is 0 Å². The Hall–Kier alpha value is -4.65. The van der Waals surface area contributed by atoms with Gasteiger partial charge >= 0.3 is 5.69 Å². The van der Waals surface area contributed by atoms with Crippen molar-refractivity contribution in [1.29, 1.82) is 0 Å². The zero-order valence-electron chi connectivity index (χ0n) is 18.8. The largest absolute Gasteiger partial charge is 0.508 e. The van der Waals surface area contributed by atoms with Crippen LogP contribution in [0.25, 0.3) is 21.7 Å². The van der Waals surface area contributed by atoms with Crippen LogP contribution in [0.2, 0.25) is 0 Å². The number of aryl methyl sites for hydroxylation is 1. The summed E-state index contributed by atoms with van der Waals surface area (Å²) in [7, 11) is 0. The van der Waals surface area contributed by atoms with Gasteiger partial charge in [0.05, 0.1) is 16.9 Å². The van der Waals surface area contributed by atoms with E-state index >= 15 is 0 Å². The van der Waals surface area contributed by atoms with Gasteiger partial charge in [-0.15, -0.1) is 0 Å². The first-order chi connectivity index (χ1) is 17.0. The van der Waals surface area contributed by atoms with Crippen molar-refractivity contribution in [2.45, 2.75) is 19.0 Å². The minimum absolute atomic E-state index is 0.00477. The van der Waals surface area contributed by atoms with Crippen molar-refractivity contribution in [1.82, 2.24) is 14.9 Å². The number of hydrogen-bond acceptors (Lipinski definition) is 4. The van der Waals surface area contributed by atoms with E-state index in [1.54, 1.807) is 30.3 Å². The van der Waals surface area contributed by atoms with Crippen molar-refractivity contribution in [3.05, 3.63) is 123 Å². The fraction of sp³-hybridized carbons (Fsp3) is 0.107. The number of benzene rings is 4. The van der Waals surface area contributed by atoms with Gasteiger partial charge in [0.15, 0.2) is 0 Å². The van der Waals surface area contributed by atoms with Gasteiger partial charge < -0.3 is 10.4 Å². The lowest BCUT2D eigenvalue weighted by Gasteiger charge is -2.23. The molecule has 7 nitrogen and oxygen atoms in total. The number of phenols is 1. The Morgan fingerprint density at radius 2 is 1.54 bits per heavy atom. The van der Waals surface area contributed by atoms with Gasteiger partial charge in [0, 0.05) is 18.5 Å². The van der Waals surface area contributed by atoms with E-state index in [-0.39, 0.29) is 24.6 Å². The van der Waals surface area contributed by atoms with Gasteiger partial charge in [0.2, 0.25) is 5.91 Å². The average molecular weight is 466 g/mol. The number of carbonyl (C=O) groups is 1. The maximum absolute atomic E-state index is 13.2. The Kier molecular flexibility index (Phi) is 5.89. The number of hydrogen-bond donors (Lipinski definition) is 3. The number of para-hydroxylation sites is 1. The number of rotatable bonds is 6. The zero-order valence-corrected chi connectivity index (χ0v) is 18.8. The number of nitrogens with zero attached hydrogens (tertiary/aromatic N) is 1. The monoisotopic (exact) mass is 465 g/mol. The first kappa shape index (κ1) is 22.2. The van der Waals surface area contributed by atoms with Crippen LogP contribution in [-0.2, 0) is 11.3 Å². The molecule has 7 heteroatoms. The van der Waals surface area contributed by atoms with Crippen LogP contribution in [0.3, 0.4) is 0 Å². The maximum Gasteiger partial charge on any atom is 0.328 e. The average Bonchev–Trinajstić information content (AvgIpc) is 2.88. The highest BCUT2D eigenvalue weighted by Crippen LogP contribution is 2.35. The molecule has 174 valence electrons. The number of amides is 1. The highest BCUT2D eigenvalue weighted by molar-refractivity contribution is 5.89. The van der Waals surface area contributed by atoms with Crippen LogP contribution in [0, 0.1) is 0 Å². The molecule has 5 aromatic rings. The molecule has 1 atom stereocenters. The van der Waals surface area contributed by atoms with Crippen molar-refractivity contribution >= 4 is 27.6 Å². The molecule has 5 rings (SSSR count). The summed E-state index contributed by atoms with van der Waals surface area (Å²) in [5.41, 5.74) is 0.878. The summed E-state index contributed by atoms with van der Waals surface area (Å²) in [6, 6.07) is 26.8. The molecule has 3 N–H and O–H groups in total. The zero-order chi connectivity index (χ0) is 24.4. The van der Waals surface area contributed by atoms with Gasteiger partial charge in [0.1, 0.15) is 5.75 Å². The SMILES string of the molecule is O=C(CCn1c(=O)[nH]c(=O)c2ccccc21)NC(c1ccccc1)c1c(O)ccc2ccccc12. The number of nitrogens with one attached hydrogen (secondary N) is 2. The lowest BCUT2D eigenvalue weighted by Crippen LogP contribution is -2.34. The van der Waals surface area contributed by atoms with Crippen molar-refractivity contribution in [3.8, 4) is 5.75 Å². The molecule has 0 saturated heterocycles.